The fourth-order valence-electron chi connectivity index (χ4n) is 13.2. The molecule has 24 atom stereocenters. The highest BCUT2D eigenvalue weighted by atomic mass is 79.9. The molecule has 6 aliphatic heterocycles. The Morgan fingerprint density at radius 3 is 0.941 bits per heavy atom. The molecule has 0 amide bonds. The molecule has 6 saturated heterocycles. The number of hydrogen-bond donors (Lipinski definition) is 12. The van der Waals surface area contributed by atoms with Gasteiger partial charge in [0.15, 0.2) is 49.0 Å². The van der Waals surface area contributed by atoms with Crippen molar-refractivity contribution < 1.29 is 72.2 Å². The summed E-state index contributed by atoms with van der Waals surface area (Å²) in [7, 11) is 0. The van der Waals surface area contributed by atoms with Crippen molar-refractivity contribution in [2.75, 3.05) is 60.8 Å². The van der Waals surface area contributed by atoms with Crippen molar-refractivity contribution in [3.8, 4) is 0 Å². The van der Waals surface area contributed by atoms with E-state index in [-0.39, 0.29) is 51.1 Å². The molecule has 13 N–H and O–H groups in total. The summed E-state index contributed by atoms with van der Waals surface area (Å²) < 4.78 is 80.3. The Hall–Kier alpha value is -4.65. The summed E-state index contributed by atoms with van der Waals surface area (Å²) in [6, 6.07) is 2.39. The molecule has 0 radical (unpaired) electrons. The quantitative estimate of drug-likeness (QED) is 0.0547. The number of halogens is 16. The number of ether oxygens (including phenoxy) is 6. The van der Waals surface area contributed by atoms with Crippen LogP contribution in [0.5, 0.6) is 0 Å². The number of hydrogen-bond acceptors (Lipinski definition) is 25. The van der Waals surface area contributed by atoms with Crippen LogP contribution >= 0.6 is 155 Å². The highest BCUT2D eigenvalue weighted by Crippen LogP contribution is 2.50. The third kappa shape index (κ3) is 20.2. The van der Waals surface area contributed by atoms with Crippen LogP contribution in [0.25, 0.3) is 0 Å². The van der Waals surface area contributed by atoms with Crippen molar-refractivity contribution >= 4 is 161 Å². The first kappa shape index (κ1) is 100. The minimum atomic E-state index is -1.56. The van der Waals surface area contributed by atoms with E-state index >= 15 is 0 Å². The number of anilines is 1. The number of aromatic nitrogens is 12. The van der Waals surface area contributed by atoms with Crippen molar-refractivity contribution in [1.82, 2.24) is 57.3 Å². The van der Waals surface area contributed by atoms with Crippen LogP contribution in [0.4, 0.5) is 19.0 Å². The van der Waals surface area contributed by atoms with Crippen molar-refractivity contribution in [3.63, 3.8) is 0 Å². The molecule has 12 rings (SSSR count). The van der Waals surface area contributed by atoms with Crippen molar-refractivity contribution in [3.05, 3.63) is 186 Å². The lowest BCUT2D eigenvalue weighted by Gasteiger charge is -2.29. The fraction of sp³-hybridized carbons (Fsp3) is 0.636. The van der Waals surface area contributed by atoms with Gasteiger partial charge in [0.05, 0.1) is 111 Å². The van der Waals surface area contributed by atoms with E-state index in [0.717, 1.165) is 32.2 Å². The Morgan fingerprint density at radius 1 is 0.407 bits per heavy atom. The number of nitrogens with zero attached hydrogens (tertiary/aromatic N) is 7. The molecule has 0 unspecified atom stereocenters. The van der Waals surface area contributed by atoms with Gasteiger partial charge in [-0.2, -0.15) is 13.8 Å². The molecule has 0 aromatic carbocycles. The van der Waals surface area contributed by atoms with Gasteiger partial charge in [-0.05, 0) is 35.2 Å². The van der Waals surface area contributed by atoms with Crippen LogP contribution in [0.15, 0.2) is 107 Å². The molecular weight excluding hydrogens is 1910 g/mol. The van der Waals surface area contributed by atoms with E-state index in [2.05, 4.69) is 35.9 Å². The topological polar surface area (TPSA) is 512 Å². The molecule has 6 fully saturated rings. The average Bonchev–Trinajstić information content (AvgIpc) is 1.65. The third-order valence-corrected chi connectivity index (χ3v) is 27.6. The van der Waals surface area contributed by atoms with Gasteiger partial charge in [-0.3, -0.25) is 76.3 Å². The van der Waals surface area contributed by atoms with Gasteiger partial charge < -0.3 is 64.8 Å². The molecule has 0 aliphatic carbocycles. The second-order valence-electron chi connectivity index (χ2n) is 27.8. The van der Waals surface area contributed by atoms with Gasteiger partial charge in [0.25, 0.3) is 27.8 Å². The van der Waals surface area contributed by atoms with E-state index < -0.39 is 221 Å². The Kier molecular flexibility index (Phi) is 35.3. The molecule has 6 aliphatic rings. The molecule has 0 saturated carbocycles. The van der Waals surface area contributed by atoms with Gasteiger partial charge in [0.2, 0.25) is 11.6 Å². The lowest BCUT2D eigenvalue weighted by atomic mass is 9.88. The van der Waals surface area contributed by atoms with Gasteiger partial charge >= 0.3 is 34.1 Å². The van der Waals surface area contributed by atoms with Crippen LogP contribution in [0, 0.1) is 35.2 Å². The molecule has 6 aromatic heterocycles. The molecule has 0 spiro atoms. The summed E-state index contributed by atoms with van der Waals surface area (Å²) in [6.07, 6.45) is -1.46. The number of rotatable bonds is 18. The summed E-state index contributed by atoms with van der Waals surface area (Å²) in [4.78, 5) is 139. The largest absolute Gasteiger partial charge is 0.393 e. The minimum absolute atomic E-state index is 0.000458. The van der Waals surface area contributed by atoms with Crippen LogP contribution in [0.1, 0.15) is 98.2 Å². The van der Waals surface area contributed by atoms with Crippen molar-refractivity contribution in [1.29, 1.82) is 0 Å². The molecule has 12 heterocycles. The molecule has 36 nitrogen and oxygen atoms in total. The number of aliphatic hydroxyl groups excluding tert-OH is 6. The fourth-order valence-corrected chi connectivity index (χ4v) is 18.4. The monoisotopic (exact) mass is 1980 g/mol. The van der Waals surface area contributed by atoms with E-state index in [1.807, 2.05) is 46.5 Å². The Labute approximate surface area is 732 Å². The predicted molar refractivity (Wildman–Crippen MR) is 434 cm³/mol. The Balaban J connectivity index is 0.000000195. The van der Waals surface area contributed by atoms with E-state index in [9.17, 15) is 96.6 Å². The summed E-state index contributed by atoms with van der Waals surface area (Å²) in [6.45, 7) is 9.83. The second kappa shape index (κ2) is 41.4. The SMILES string of the molecule is CC[C@@]1(CCl)O[C@@H](n2cc(Br)c(=O)[nH]c2=O)[C@H](Cl)[C@@H]1C.CC[C@@]1(CCl)O[C@@H](n2cc(F)c(=O)[nH]c2=O)[C@H](Cl)[C@@H]1C.CC[C@@]1(CCl)O[C@@H](n2ccc(=O)[nH]c2=O)[C@H](Cl)[C@@H]1C.Nc1nc(=O)n([C@@H]2O[C@@](CO)(CCl)[C@@H](O)[C@H]2Cl)cc1F.O=c1[nH]c(=O)n([C@@H]2O[C@@](CO)(CCl)[C@@H](O)[C@H]2Cl)cc1F.O=c1ccn([C@@H]2O[C@@](CO)(CCl)[C@@H](O)[C@H]2Cl)c(=O)[nH]1. The number of aliphatic hydroxyl groups is 6. The van der Waals surface area contributed by atoms with Gasteiger partial charge in [0.1, 0.15) is 51.2 Å². The van der Waals surface area contributed by atoms with Gasteiger partial charge in [-0.15, -0.1) is 139 Å². The number of alkyl halides is 12. The van der Waals surface area contributed by atoms with E-state index in [1.165, 1.54) is 33.8 Å². The maximum atomic E-state index is 13.4. The predicted octanol–water partition coefficient (Wildman–Crippen LogP) is 3.57. The second-order valence-corrected chi connectivity index (χ2v) is 33.3. The van der Waals surface area contributed by atoms with Crippen molar-refractivity contribution in [2.45, 2.75) is 182 Å². The highest BCUT2D eigenvalue weighted by molar-refractivity contribution is 9.10. The standard InChI is InChI=1S/C12H15BrCl2N2O3.C12H15Cl2FN2O3.C12H16Cl2N2O3.C10H12Cl2FN3O4.C10H11Cl2FN2O5.C10H12Cl2N2O5/c1-3-12(5-14)6(2)8(15)10(20-12)17-4-7(13)9(18)16-11(17)19;1-3-12(5-13)6(2)8(14)10(20-12)17-4-7(15)9(18)16-11(17)19;1-3-12(6-13)7(2)9(14)10(19-12)16-5-4-8(17)15-11(16)18;11-2-10(3-17)6(18)5(12)8(20-10)16-1-4(13)7(14)15-9(16)19;11-2-10(3-16)6(17)5(12)8(20-10)15-1-4(13)7(18)14-9(15)19;11-3-10(4-15)7(17)6(12)8(19-10)14-2-1-5(16)13-9(14)18/h2*4,6,8,10H,3,5H2,1-2H3,(H,16,18,19);4-5,7,9-10H,3,6H2,1-2H3,(H,15,17,18);1,5-6,8,17-18H,2-3H2,(H2,14,15,19);1,5-6,8,16-17H,2-3H2,(H,14,18,19);1-2,6-8,15,17H,3-4H2,(H,13,16,18)/t2*6-,8+,10+,12-;7-,9+,10+,12-;2*5-,6+,8-,10-;6-,7+,8-,10-/m000111/s1. The van der Waals surface area contributed by atoms with E-state index in [0.29, 0.717) is 41.8 Å². The minimum Gasteiger partial charge on any atom is -0.393 e. The maximum absolute atomic E-state index is 13.4. The first-order valence-electron chi connectivity index (χ1n) is 35.2. The lowest BCUT2D eigenvalue weighted by molar-refractivity contribution is -0.114. The first-order valence-corrected chi connectivity index (χ1v) is 41.8. The number of H-pyrrole nitrogens is 5. The van der Waals surface area contributed by atoms with Gasteiger partial charge in [-0.25, -0.2) is 33.2 Å². The third-order valence-electron chi connectivity index (χ3n) is 21.2. The lowest BCUT2D eigenvalue weighted by Crippen LogP contribution is -2.47. The summed E-state index contributed by atoms with van der Waals surface area (Å²) >= 11 is 75.2. The molecule has 52 heteroatoms. The van der Waals surface area contributed by atoms with E-state index in [4.69, 9.17) is 173 Å². The van der Waals surface area contributed by atoms with Gasteiger partial charge in [0, 0.05) is 48.5 Å². The molecule has 0 bridgehead atoms. The molecule has 118 heavy (non-hydrogen) atoms. The first-order chi connectivity index (χ1) is 55.3. The van der Waals surface area contributed by atoms with Crippen molar-refractivity contribution in [2.24, 2.45) is 17.8 Å². The normalized spacial score (nSPS) is 33.9. The molecular formula is C66H81BrCl12F3N13O23. The zero-order valence-corrected chi connectivity index (χ0v) is 73.0. The van der Waals surface area contributed by atoms with E-state index in [1.54, 1.807) is 4.98 Å². The zero-order valence-electron chi connectivity index (χ0n) is 62.4. The van der Waals surface area contributed by atoms with Crippen LogP contribution in [-0.2, 0) is 28.4 Å². The number of nitrogens with one attached hydrogen (secondary N) is 5. The number of nitrogens with two attached hydrogens (primary N) is 1. The van der Waals surface area contributed by atoms with Crippen LogP contribution in [0.2, 0.25) is 0 Å². The molecule has 6 aromatic rings. The highest BCUT2D eigenvalue weighted by Gasteiger charge is 2.59. The summed E-state index contributed by atoms with van der Waals surface area (Å²) in [5.41, 5.74) is -9.31. The number of nitrogen functional groups attached to an aromatic ring is 1. The smallest absolute Gasteiger partial charge is 0.351 e. The summed E-state index contributed by atoms with van der Waals surface area (Å²) in [5.74, 6) is -3.83. The Morgan fingerprint density at radius 2 is 0.661 bits per heavy atom. The maximum Gasteiger partial charge on any atom is 0.351 e. The van der Waals surface area contributed by atoms with Crippen LogP contribution in [0.3, 0.4) is 0 Å². The number of aromatic amines is 5. The van der Waals surface area contributed by atoms with Crippen LogP contribution < -0.4 is 67.7 Å². The average molecular weight is 1990 g/mol. The zero-order chi connectivity index (χ0) is 88.7. The summed E-state index contributed by atoms with van der Waals surface area (Å²) in [5, 5.41) is 53.2. The van der Waals surface area contributed by atoms with Gasteiger partial charge in [-0.1, -0.05) is 41.5 Å². The van der Waals surface area contributed by atoms with Crippen LogP contribution in [-0.4, -0.2) is 227 Å². The Bertz CT molecular complexity index is 4800. The molecule has 660 valence electrons.